The molecule has 120 valence electrons. The van der Waals surface area contributed by atoms with Crippen LogP contribution < -0.4 is 10.1 Å². The molecule has 2 nitrogen and oxygen atoms in total. The van der Waals surface area contributed by atoms with Crippen molar-refractivity contribution in [3.05, 3.63) is 29.6 Å². The summed E-state index contributed by atoms with van der Waals surface area (Å²) in [5.41, 5.74) is -0.576. The highest BCUT2D eigenvalue weighted by molar-refractivity contribution is 5.38. The SMILES string of the molecule is CCCNC(c1cc(F)ccc1OC)C(F)(F)C(F)(F)F. The normalized spacial score (nSPS) is 14.1. The second kappa shape index (κ2) is 6.55. The quantitative estimate of drug-likeness (QED) is 0.799. The van der Waals surface area contributed by atoms with Crippen molar-refractivity contribution in [2.45, 2.75) is 31.5 Å². The number of methoxy groups -OCH3 is 1. The van der Waals surface area contributed by atoms with Crippen molar-refractivity contribution in [3.8, 4) is 5.75 Å². The molecular formula is C13H15F6NO. The molecular weight excluding hydrogens is 300 g/mol. The van der Waals surface area contributed by atoms with Crippen molar-refractivity contribution in [1.29, 1.82) is 0 Å². The molecule has 0 spiro atoms. The first-order chi connectivity index (χ1) is 9.65. The van der Waals surface area contributed by atoms with Crippen LogP contribution in [0.1, 0.15) is 24.9 Å². The van der Waals surface area contributed by atoms with E-state index in [0.717, 1.165) is 19.2 Å². The zero-order valence-corrected chi connectivity index (χ0v) is 11.4. The molecule has 0 saturated carbocycles. The highest BCUT2D eigenvalue weighted by atomic mass is 19.4. The Morgan fingerprint density at radius 3 is 2.29 bits per heavy atom. The molecule has 0 aliphatic rings. The molecule has 0 aliphatic carbocycles. The van der Waals surface area contributed by atoms with Crippen LogP contribution in [0.3, 0.4) is 0 Å². The van der Waals surface area contributed by atoms with Crippen LogP contribution in [-0.4, -0.2) is 25.8 Å². The van der Waals surface area contributed by atoms with Gasteiger partial charge in [0.15, 0.2) is 0 Å². The third kappa shape index (κ3) is 3.81. The maximum absolute atomic E-state index is 13.7. The highest BCUT2D eigenvalue weighted by Gasteiger charge is 2.63. The highest BCUT2D eigenvalue weighted by Crippen LogP contribution is 2.46. The van der Waals surface area contributed by atoms with E-state index in [0.29, 0.717) is 12.5 Å². The van der Waals surface area contributed by atoms with Gasteiger partial charge in [0.2, 0.25) is 0 Å². The molecule has 21 heavy (non-hydrogen) atoms. The first-order valence-electron chi connectivity index (χ1n) is 6.16. The zero-order valence-electron chi connectivity index (χ0n) is 11.4. The van der Waals surface area contributed by atoms with Gasteiger partial charge in [0, 0.05) is 5.56 Å². The lowest BCUT2D eigenvalue weighted by molar-refractivity contribution is -0.294. The molecule has 1 N–H and O–H groups in total. The summed E-state index contributed by atoms with van der Waals surface area (Å²) in [6.07, 6.45) is -5.43. The molecule has 0 bridgehead atoms. The van der Waals surface area contributed by atoms with E-state index < -0.39 is 29.5 Å². The Labute approximate surface area is 118 Å². The van der Waals surface area contributed by atoms with Crippen molar-refractivity contribution < 1.29 is 31.1 Å². The van der Waals surface area contributed by atoms with Crippen molar-refractivity contribution in [2.24, 2.45) is 0 Å². The van der Waals surface area contributed by atoms with Gasteiger partial charge in [0.1, 0.15) is 17.6 Å². The number of hydrogen-bond acceptors (Lipinski definition) is 2. The Morgan fingerprint density at radius 1 is 1.19 bits per heavy atom. The molecule has 0 fully saturated rings. The molecule has 0 saturated heterocycles. The van der Waals surface area contributed by atoms with Crippen LogP contribution in [0.2, 0.25) is 0 Å². The van der Waals surface area contributed by atoms with Gasteiger partial charge in [-0.2, -0.15) is 22.0 Å². The van der Waals surface area contributed by atoms with E-state index in [1.165, 1.54) is 0 Å². The fraction of sp³-hybridized carbons (Fsp3) is 0.538. The van der Waals surface area contributed by atoms with E-state index in [4.69, 9.17) is 4.74 Å². The summed E-state index contributed by atoms with van der Waals surface area (Å²) < 4.78 is 83.2. The van der Waals surface area contributed by atoms with E-state index >= 15 is 0 Å². The molecule has 0 heterocycles. The second-order valence-electron chi connectivity index (χ2n) is 4.39. The van der Waals surface area contributed by atoms with E-state index in [1.807, 2.05) is 0 Å². The van der Waals surface area contributed by atoms with Gasteiger partial charge in [-0.05, 0) is 31.2 Å². The summed E-state index contributed by atoms with van der Waals surface area (Å²) in [6.45, 7) is 1.52. The second-order valence-corrected chi connectivity index (χ2v) is 4.39. The van der Waals surface area contributed by atoms with E-state index in [-0.39, 0.29) is 12.3 Å². The third-order valence-electron chi connectivity index (χ3n) is 2.84. The monoisotopic (exact) mass is 315 g/mol. The number of alkyl halides is 5. The summed E-state index contributed by atoms with van der Waals surface area (Å²) in [4.78, 5) is 0. The van der Waals surface area contributed by atoms with Crippen LogP contribution in [0, 0.1) is 5.82 Å². The minimum atomic E-state index is -5.77. The number of nitrogens with one attached hydrogen (secondary N) is 1. The number of ether oxygens (including phenoxy) is 1. The summed E-state index contributed by atoms with van der Waals surface area (Å²) in [5, 5.41) is 2.12. The number of rotatable bonds is 6. The lowest BCUT2D eigenvalue weighted by atomic mass is 9.98. The average molecular weight is 315 g/mol. The van der Waals surface area contributed by atoms with Crippen molar-refractivity contribution >= 4 is 0 Å². The summed E-state index contributed by atoms with van der Waals surface area (Å²) in [5.74, 6) is -6.23. The van der Waals surface area contributed by atoms with Gasteiger partial charge < -0.3 is 10.1 Å². The molecule has 1 atom stereocenters. The Morgan fingerprint density at radius 2 is 1.81 bits per heavy atom. The van der Waals surface area contributed by atoms with Crippen LogP contribution in [-0.2, 0) is 0 Å². The Balaban J connectivity index is 3.35. The standard InChI is InChI=1S/C13H15F6NO/c1-3-6-20-11(12(15,16)13(17,18)19)9-7-8(14)4-5-10(9)21-2/h4-5,7,11,20H,3,6H2,1-2H3. The van der Waals surface area contributed by atoms with Gasteiger partial charge in [0.05, 0.1) is 7.11 Å². The van der Waals surface area contributed by atoms with Gasteiger partial charge >= 0.3 is 12.1 Å². The molecule has 0 aromatic heterocycles. The molecule has 1 rings (SSSR count). The van der Waals surface area contributed by atoms with Crippen LogP contribution in [0.15, 0.2) is 18.2 Å². The number of halogens is 6. The van der Waals surface area contributed by atoms with Crippen molar-refractivity contribution in [2.75, 3.05) is 13.7 Å². The van der Waals surface area contributed by atoms with Gasteiger partial charge in [-0.1, -0.05) is 6.92 Å². The summed E-state index contributed by atoms with van der Waals surface area (Å²) in [6, 6.07) is 0.122. The minimum absolute atomic E-state index is 0.0873. The van der Waals surface area contributed by atoms with Crippen molar-refractivity contribution in [1.82, 2.24) is 5.32 Å². The molecule has 0 amide bonds. The molecule has 8 heteroatoms. The summed E-state index contributed by atoms with van der Waals surface area (Å²) >= 11 is 0. The first kappa shape index (κ1) is 17.6. The molecule has 1 unspecified atom stereocenters. The molecule has 0 aliphatic heterocycles. The van der Waals surface area contributed by atoms with Gasteiger partial charge in [0.25, 0.3) is 0 Å². The van der Waals surface area contributed by atoms with Crippen LogP contribution in [0.4, 0.5) is 26.3 Å². The Kier molecular flexibility index (Phi) is 5.49. The molecule has 1 aromatic rings. The molecule has 1 aromatic carbocycles. The molecule has 0 radical (unpaired) electrons. The lowest BCUT2D eigenvalue weighted by Crippen LogP contribution is -2.48. The fourth-order valence-corrected chi connectivity index (χ4v) is 1.82. The van der Waals surface area contributed by atoms with Crippen molar-refractivity contribution in [3.63, 3.8) is 0 Å². The first-order valence-corrected chi connectivity index (χ1v) is 6.16. The van der Waals surface area contributed by atoms with E-state index in [2.05, 4.69) is 5.32 Å². The number of benzene rings is 1. The summed E-state index contributed by atoms with van der Waals surface area (Å²) in [7, 11) is 1.11. The van der Waals surface area contributed by atoms with Gasteiger partial charge in [-0.25, -0.2) is 4.39 Å². The minimum Gasteiger partial charge on any atom is -0.496 e. The fourth-order valence-electron chi connectivity index (χ4n) is 1.82. The van der Waals surface area contributed by atoms with E-state index in [9.17, 15) is 26.3 Å². The average Bonchev–Trinajstić information content (AvgIpc) is 2.38. The predicted octanol–water partition coefficient (Wildman–Crippen LogP) is 4.07. The third-order valence-corrected chi connectivity index (χ3v) is 2.84. The number of hydrogen-bond donors (Lipinski definition) is 1. The van der Waals surface area contributed by atoms with Crippen LogP contribution >= 0.6 is 0 Å². The maximum Gasteiger partial charge on any atom is 0.455 e. The zero-order chi connectivity index (χ0) is 16.3. The van der Waals surface area contributed by atoms with E-state index in [1.54, 1.807) is 6.92 Å². The van der Waals surface area contributed by atoms with Gasteiger partial charge in [-0.3, -0.25) is 0 Å². The smallest absolute Gasteiger partial charge is 0.455 e. The topological polar surface area (TPSA) is 21.3 Å². The Bertz CT molecular complexity index is 474. The van der Waals surface area contributed by atoms with Crippen LogP contribution in [0.5, 0.6) is 5.75 Å². The maximum atomic E-state index is 13.7. The Hall–Kier alpha value is -1.44. The lowest BCUT2D eigenvalue weighted by Gasteiger charge is -2.30. The predicted molar refractivity (Wildman–Crippen MR) is 65.0 cm³/mol. The van der Waals surface area contributed by atoms with Gasteiger partial charge in [-0.15, -0.1) is 0 Å². The largest absolute Gasteiger partial charge is 0.496 e. The van der Waals surface area contributed by atoms with Crippen LogP contribution in [0.25, 0.3) is 0 Å².